The largest absolute Gasteiger partial charge is 0.395 e. The molecular formula is C13H19NOS. The molecule has 1 N–H and O–H groups in total. The van der Waals surface area contributed by atoms with Gasteiger partial charge < -0.3 is 5.11 Å². The van der Waals surface area contributed by atoms with Gasteiger partial charge in [0, 0.05) is 29.8 Å². The number of aliphatic hydroxyl groups excluding tert-OH is 1. The molecule has 1 saturated carbocycles. The molecule has 0 amide bonds. The van der Waals surface area contributed by atoms with Crippen LogP contribution in [0.1, 0.15) is 12.8 Å². The summed E-state index contributed by atoms with van der Waals surface area (Å²) in [4.78, 5) is 3.75. The zero-order valence-electron chi connectivity index (χ0n) is 9.51. The standard InChI is InChI=1S/C13H19NOS/c15-10-8-14(12-6-7-12)9-11-16-13-4-2-1-3-5-13/h1-5,12,15H,6-11H2. The highest BCUT2D eigenvalue weighted by atomic mass is 32.2. The summed E-state index contributed by atoms with van der Waals surface area (Å²) >= 11 is 1.90. The van der Waals surface area contributed by atoms with Crippen LogP contribution < -0.4 is 0 Å². The van der Waals surface area contributed by atoms with E-state index in [-0.39, 0.29) is 6.61 Å². The summed E-state index contributed by atoms with van der Waals surface area (Å²) in [5.74, 6) is 1.11. The molecule has 0 unspecified atom stereocenters. The lowest BCUT2D eigenvalue weighted by atomic mass is 10.4. The van der Waals surface area contributed by atoms with Crippen molar-refractivity contribution in [1.82, 2.24) is 4.90 Å². The van der Waals surface area contributed by atoms with Gasteiger partial charge in [0.25, 0.3) is 0 Å². The highest BCUT2D eigenvalue weighted by molar-refractivity contribution is 7.99. The zero-order chi connectivity index (χ0) is 11.2. The summed E-state index contributed by atoms with van der Waals surface area (Å²) < 4.78 is 0. The molecule has 1 aromatic carbocycles. The molecule has 0 heterocycles. The average molecular weight is 237 g/mol. The van der Waals surface area contributed by atoms with Gasteiger partial charge in [0.2, 0.25) is 0 Å². The Morgan fingerprint density at radius 1 is 1.19 bits per heavy atom. The second kappa shape index (κ2) is 6.28. The predicted molar refractivity (Wildman–Crippen MR) is 68.8 cm³/mol. The van der Waals surface area contributed by atoms with Crippen molar-refractivity contribution in [3.05, 3.63) is 30.3 Å². The smallest absolute Gasteiger partial charge is 0.0558 e. The molecule has 0 aromatic heterocycles. The SMILES string of the molecule is OCCN(CCSc1ccccc1)C1CC1. The molecule has 1 aliphatic carbocycles. The second-order valence-electron chi connectivity index (χ2n) is 4.15. The monoisotopic (exact) mass is 237 g/mol. The highest BCUT2D eigenvalue weighted by Crippen LogP contribution is 2.27. The van der Waals surface area contributed by atoms with Crippen molar-refractivity contribution in [3.63, 3.8) is 0 Å². The van der Waals surface area contributed by atoms with Crippen LogP contribution in [0, 0.1) is 0 Å². The number of hydrogen-bond acceptors (Lipinski definition) is 3. The first-order valence-corrected chi connectivity index (χ1v) is 6.91. The average Bonchev–Trinajstić information content (AvgIpc) is 3.13. The Kier molecular flexibility index (Phi) is 4.69. The van der Waals surface area contributed by atoms with Crippen LogP contribution in [-0.2, 0) is 0 Å². The summed E-state index contributed by atoms with van der Waals surface area (Å²) in [6.07, 6.45) is 2.63. The molecule has 1 aliphatic rings. The highest BCUT2D eigenvalue weighted by Gasteiger charge is 2.27. The van der Waals surface area contributed by atoms with Crippen molar-refractivity contribution in [2.24, 2.45) is 0 Å². The third-order valence-electron chi connectivity index (χ3n) is 2.84. The van der Waals surface area contributed by atoms with E-state index in [4.69, 9.17) is 5.11 Å². The van der Waals surface area contributed by atoms with E-state index in [9.17, 15) is 0 Å². The fraction of sp³-hybridized carbons (Fsp3) is 0.538. The van der Waals surface area contributed by atoms with Crippen LogP contribution in [-0.4, -0.2) is 41.5 Å². The van der Waals surface area contributed by atoms with Gasteiger partial charge in [-0.2, -0.15) is 0 Å². The molecular weight excluding hydrogens is 218 g/mol. The molecule has 2 rings (SSSR count). The van der Waals surface area contributed by atoms with Gasteiger partial charge in [0.1, 0.15) is 0 Å². The normalized spacial score (nSPS) is 15.6. The van der Waals surface area contributed by atoms with Crippen molar-refractivity contribution < 1.29 is 5.11 Å². The molecule has 1 aromatic rings. The third kappa shape index (κ3) is 3.81. The Bertz CT molecular complexity index is 300. The molecule has 0 atom stereocenters. The fourth-order valence-electron chi connectivity index (χ4n) is 1.84. The quantitative estimate of drug-likeness (QED) is 0.736. The van der Waals surface area contributed by atoms with E-state index in [0.29, 0.717) is 0 Å². The lowest BCUT2D eigenvalue weighted by Crippen LogP contribution is -2.31. The Labute approximate surface area is 102 Å². The molecule has 0 bridgehead atoms. The van der Waals surface area contributed by atoms with Crippen molar-refractivity contribution >= 4 is 11.8 Å². The molecule has 0 saturated heterocycles. The number of nitrogens with zero attached hydrogens (tertiary/aromatic N) is 1. The summed E-state index contributed by atoms with van der Waals surface area (Å²) in [5.41, 5.74) is 0. The maximum Gasteiger partial charge on any atom is 0.0558 e. The molecule has 0 spiro atoms. The van der Waals surface area contributed by atoms with Crippen molar-refractivity contribution in [2.45, 2.75) is 23.8 Å². The lowest BCUT2D eigenvalue weighted by Gasteiger charge is -2.20. The Morgan fingerprint density at radius 2 is 1.94 bits per heavy atom. The summed E-state index contributed by atoms with van der Waals surface area (Å²) in [7, 11) is 0. The van der Waals surface area contributed by atoms with Crippen molar-refractivity contribution in [2.75, 3.05) is 25.4 Å². The third-order valence-corrected chi connectivity index (χ3v) is 3.83. The van der Waals surface area contributed by atoms with Crippen molar-refractivity contribution in [1.29, 1.82) is 0 Å². The first kappa shape index (κ1) is 12.0. The first-order chi connectivity index (χ1) is 7.90. The van der Waals surface area contributed by atoms with Gasteiger partial charge in [-0.15, -0.1) is 11.8 Å². The molecule has 0 aliphatic heterocycles. The van der Waals surface area contributed by atoms with E-state index in [0.717, 1.165) is 24.9 Å². The molecule has 16 heavy (non-hydrogen) atoms. The summed E-state index contributed by atoms with van der Waals surface area (Å²) in [6, 6.07) is 11.3. The lowest BCUT2D eigenvalue weighted by molar-refractivity contribution is 0.197. The Morgan fingerprint density at radius 3 is 2.56 bits per heavy atom. The van der Waals surface area contributed by atoms with Gasteiger partial charge in [-0.05, 0) is 25.0 Å². The van der Waals surface area contributed by atoms with E-state index >= 15 is 0 Å². The van der Waals surface area contributed by atoms with E-state index in [1.54, 1.807) is 0 Å². The fourth-order valence-corrected chi connectivity index (χ4v) is 2.75. The minimum Gasteiger partial charge on any atom is -0.395 e. The number of aliphatic hydroxyl groups is 1. The number of rotatable bonds is 7. The zero-order valence-corrected chi connectivity index (χ0v) is 10.3. The van der Waals surface area contributed by atoms with E-state index < -0.39 is 0 Å². The number of thioether (sulfide) groups is 1. The first-order valence-electron chi connectivity index (χ1n) is 5.93. The minimum atomic E-state index is 0.284. The molecule has 2 nitrogen and oxygen atoms in total. The van der Waals surface area contributed by atoms with Crippen LogP contribution in [0.15, 0.2) is 35.2 Å². The Balaban J connectivity index is 1.70. The maximum absolute atomic E-state index is 8.98. The van der Waals surface area contributed by atoms with Crippen LogP contribution in [0.2, 0.25) is 0 Å². The van der Waals surface area contributed by atoms with Crippen LogP contribution in [0.3, 0.4) is 0 Å². The Hall–Kier alpha value is -0.510. The maximum atomic E-state index is 8.98. The van der Waals surface area contributed by atoms with E-state index in [2.05, 4.69) is 29.2 Å². The van der Waals surface area contributed by atoms with E-state index in [1.165, 1.54) is 17.7 Å². The predicted octanol–water partition coefficient (Wildman–Crippen LogP) is 2.24. The molecule has 0 radical (unpaired) electrons. The second-order valence-corrected chi connectivity index (χ2v) is 5.32. The van der Waals surface area contributed by atoms with Crippen LogP contribution in [0.4, 0.5) is 0 Å². The van der Waals surface area contributed by atoms with Gasteiger partial charge in [-0.1, -0.05) is 18.2 Å². The van der Waals surface area contributed by atoms with Crippen LogP contribution >= 0.6 is 11.8 Å². The van der Waals surface area contributed by atoms with Gasteiger partial charge >= 0.3 is 0 Å². The topological polar surface area (TPSA) is 23.5 Å². The summed E-state index contributed by atoms with van der Waals surface area (Å²) in [5, 5.41) is 8.98. The van der Waals surface area contributed by atoms with E-state index in [1.807, 2.05) is 17.8 Å². The van der Waals surface area contributed by atoms with Crippen LogP contribution in [0.5, 0.6) is 0 Å². The molecule has 88 valence electrons. The molecule has 1 fully saturated rings. The van der Waals surface area contributed by atoms with Gasteiger partial charge in [-0.3, -0.25) is 4.90 Å². The van der Waals surface area contributed by atoms with Crippen LogP contribution in [0.25, 0.3) is 0 Å². The molecule has 3 heteroatoms. The van der Waals surface area contributed by atoms with Gasteiger partial charge in [0.15, 0.2) is 0 Å². The number of hydrogen-bond donors (Lipinski definition) is 1. The summed E-state index contributed by atoms with van der Waals surface area (Å²) in [6.45, 7) is 2.21. The number of benzene rings is 1. The van der Waals surface area contributed by atoms with Gasteiger partial charge in [-0.25, -0.2) is 0 Å². The van der Waals surface area contributed by atoms with Crippen molar-refractivity contribution in [3.8, 4) is 0 Å². The minimum absolute atomic E-state index is 0.284. The van der Waals surface area contributed by atoms with Gasteiger partial charge in [0.05, 0.1) is 6.61 Å².